The minimum atomic E-state index is -3.45. The Morgan fingerprint density at radius 1 is 1.00 bits per heavy atom. The lowest BCUT2D eigenvalue weighted by molar-refractivity contribution is 0.360. The van der Waals surface area contributed by atoms with Crippen LogP contribution < -0.4 is 5.32 Å². The standard InChI is InChI=1S/C17H18N4O2S/c22-24(23,21-8-6-18-7-9-21)16-3-1-2-13(11-16)14-4-5-17-15(10-14)12-19-20-17/h1-5,10-12,18H,6-9H2,(H,19,20). The molecular weight excluding hydrogens is 324 g/mol. The Kier molecular flexibility index (Phi) is 3.84. The van der Waals surface area contributed by atoms with Gasteiger partial charge in [-0.2, -0.15) is 9.40 Å². The molecule has 1 fully saturated rings. The predicted octanol–water partition coefficient (Wildman–Crippen LogP) is 1.82. The number of nitrogens with zero attached hydrogens (tertiary/aromatic N) is 2. The zero-order valence-corrected chi connectivity index (χ0v) is 13.9. The van der Waals surface area contributed by atoms with Crippen LogP contribution in [0.15, 0.2) is 53.6 Å². The first-order valence-electron chi connectivity index (χ1n) is 7.89. The number of hydrogen-bond acceptors (Lipinski definition) is 4. The lowest BCUT2D eigenvalue weighted by atomic mass is 10.0. The first-order chi connectivity index (χ1) is 11.6. The lowest BCUT2D eigenvalue weighted by Gasteiger charge is -2.26. The average Bonchev–Trinajstić information content (AvgIpc) is 3.10. The molecule has 0 bridgehead atoms. The summed E-state index contributed by atoms with van der Waals surface area (Å²) in [5, 5.41) is 11.1. The van der Waals surface area contributed by atoms with Gasteiger partial charge in [-0.3, -0.25) is 5.10 Å². The van der Waals surface area contributed by atoms with Crippen molar-refractivity contribution in [3.8, 4) is 11.1 Å². The predicted molar refractivity (Wildman–Crippen MR) is 93.2 cm³/mol. The van der Waals surface area contributed by atoms with E-state index in [2.05, 4.69) is 15.5 Å². The molecule has 1 aliphatic rings. The SMILES string of the molecule is O=S(=O)(c1cccc(-c2ccc3[nH]ncc3c2)c1)N1CCNCC1. The van der Waals surface area contributed by atoms with Gasteiger partial charge in [0.15, 0.2) is 0 Å². The number of aromatic nitrogens is 2. The van der Waals surface area contributed by atoms with Gasteiger partial charge in [0.25, 0.3) is 0 Å². The first kappa shape index (κ1) is 15.3. The molecule has 124 valence electrons. The summed E-state index contributed by atoms with van der Waals surface area (Å²) >= 11 is 0. The smallest absolute Gasteiger partial charge is 0.243 e. The van der Waals surface area contributed by atoms with Crippen LogP contribution in [0, 0.1) is 0 Å². The van der Waals surface area contributed by atoms with E-state index in [-0.39, 0.29) is 0 Å². The number of nitrogens with one attached hydrogen (secondary N) is 2. The van der Waals surface area contributed by atoms with Crippen LogP contribution in [0.25, 0.3) is 22.0 Å². The van der Waals surface area contributed by atoms with Gasteiger partial charge in [0.1, 0.15) is 0 Å². The Bertz CT molecular complexity index is 975. The van der Waals surface area contributed by atoms with E-state index in [1.165, 1.54) is 0 Å². The highest BCUT2D eigenvalue weighted by molar-refractivity contribution is 7.89. The highest BCUT2D eigenvalue weighted by Crippen LogP contribution is 2.26. The molecule has 0 aliphatic carbocycles. The third kappa shape index (κ3) is 2.71. The molecule has 1 saturated heterocycles. The third-order valence-corrected chi connectivity index (χ3v) is 6.22. The maximum Gasteiger partial charge on any atom is 0.243 e. The summed E-state index contributed by atoms with van der Waals surface area (Å²) in [4.78, 5) is 0.342. The fourth-order valence-electron chi connectivity index (χ4n) is 2.99. The molecule has 0 amide bonds. The van der Waals surface area contributed by atoms with Crippen LogP contribution in [0.5, 0.6) is 0 Å². The van der Waals surface area contributed by atoms with Crippen LogP contribution in [0.1, 0.15) is 0 Å². The summed E-state index contributed by atoms with van der Waals surface area (Å²) in [6, 6.07) is 13.1. The van der Waals surface area contributed by atoms with E-state index >= 15 is 0 Å². The van der Waals surface area contributed by atoms with Gasteiger partial charge < -0.3 is 5.32 Å². The molecule has 2 aromatic carbocycles. The molecular formula is C17H18N4O2S. The van der Waals surface area contributed by atoms with E-state index in [0.717, 1.165) is 22.0 Å². The van der Waals surface area contributed by atoms with Crippen LogP contribution in [-0.4, -0.2) is 49.1 Å². The molecule has 0 unspecified atom stereocenters. The zero-order chi connectivity index (χ0) is 16.6. The van der Waals surface area contributed by atoms with E-state index in [4.69, 9.17) is 0 Å². The van der Waals surface area contributed by atoms with Crippen molar-refractivity contribution >= 4 is 20.9 Å². The van der Waals surface area contributed by atoms with Gasteiger partial charge in [-0.1, -0.05) is 18.2 Å². The normalized spacial score (nSPS) is 16.5. The number of rotatable bonds is 3. The summed E-state index contributed by atoms with van der Waals surface area (Å²) in [6.45, 7) is 2.40. The Hall–Kier alpha value is -2.22. The minimum absolute atomic E-state index is 0.342. The summed E-state index contributed by atoms with van der Waals surface area (Å²) in [7, 11) is -3.45. The van der Waals surface area contributed by atoms with Gasteiger partial charge in [-0.25, -0.2) is 8.42 Å². The van der Waals surface area contributed by atoms with Gasteiger partial charge in [0.2, 0.25) is 10.0 Å². The second-order valence-corrected chi connectivity index (χ2v) is 7.79. The van der Waals surface area contributed by atoms with Crippen molar-refractivity contribution in [2.75, 3.05) is 26.2 Å². The molecule has 1 aromatic heterocycles. The Labute approximate surface area is 140 Å². The maximum absolute atomic E-state index is 12.8. The van der Waals surface area contributed by atoms with E-state index < -0.39 is 10.0 Å². The van der Waals surface area contributed by atoms with Crippen LogP contribution in [0.2, 0.25) is 0 Å². The quantitative estimate of drug-likeness (QED) is 0.761. The number of piperazine rings is 1. The van der Waals surface area contributed by atoms with Gasteiger partial charge in [-0.05, 0) is 35.4 Å². The highest BCUT2D eigenvalue weighted by atomic mass is 32.2. The number of aromatic amines is 1. The summed E-state index contributed by atoms with van der Waals surface area (Å²) in [5.41, 5.74) is 2.82. The first-order valence-corrected chi connectivity index (χ1v) is 9.33. The third-order valence-electron chi connectivity index (χ3n) is 4.32. The second kappa shape index (κ2) is 6.01. The van der Waals surface area contributed by atoms with E-state index in [1.807, 2.05) is 24.3 Å². The summed E-state index contributed by atoms with van der Waals surface area (Å²) in [5.74, 6) is 0. The Morgan fingerprint density at radius 2 is 1.79 bits per heavy atom. The Morgan fingerprint density at radius 3 is 2.62 bits per heavy atom. The van der Waals surface area contributed by atoms with Gasteiger partial charge in [0, 0.05) is 31.6 Å². The molecule has 0 spiro atoms. The fraction of sp³-hybridized carbons (Fsp3) is 0.235. The summed E-state index contributed by atoms with van der Waals surface area (Å²) < 4.78 is 27.2. The maximum atomic E-state index is 12.8. The van der Waals surface area contributed by atoms with E-state index in [9.17, 15) is 8.42 Å². The summed E-state index contributed by atoms with van der Waals surface area (Å²) in [6.07, 6.45) is 1.76. The van der Waals surface area contributed by atoms with Crippen molar-refractivity contribution in [1.82, 2.24) is 19.8 Å². The number of fused-ring (bicyclic) bond motifs is 1. The highest BCUT2D eigenvalue weighted by Gasteiger charge is 2.25. The van der Waals surface area contributed by atoms with E-state index in [1.54, 1.807) is 28.7 Å². The average molecular weight is 342 g/mol. The van der Waals surface area contributed by atoms with Crippen LogP contribution in [-0.2, 0) is 10.0 Å². The van der Waals surface area contributed by atoms with E-state index in [0.29, 0.717) is 31.1 Å². The molecule has 6 nitrogen and oxygen atoms in total. The van der Waals surface area contributed by atoms with Crippen molar-refractivity contribution in [2.45, 2.75) is 4.90 Å². The monoisotopic (exact) mass is 342 g/mol. The van der Waals surface area contributed by atoms with Crippen molar-refractivity contribution in [3.63, 3.8) is 0 Å². The molecule has 3 aromatic rings. The minimum Gasteiger partial charge on any atom is -0.314 e. The van der Waals surface area contributed by atoms with Crippen molar-refractivity contribution in [2.24, 2.45) is 0 Å². The van der Waals surface area contributed by atoms with Crippen LogP contribution >= 0.6 is 0 Å². The topological polar surface area (TPSA) is 78.1 Å². The molecule has 24 heavy (non-hydrogen) atoms. The van der Waals surface area contributed by atoms with Crippen molar-refractivity contribution < 1.29 is 8.42 Å². The lowest BCUT2D eigenvalue weighted by Crippen LogP contribution is -2.46. The molecule has 0 saturated carbocycles. The van der Waals surface area contributed by atoms with Crippen molar-refractivity contribution in [3.05, 3.63) is 48.7 Å². The largest absolute Gasteiger partial charge is 0.314 e. The molecule has 0 atom stereocenters. The van der Waals surface area contributed by atoms with Crippen LogP contribution in [0.3, 0.4) is 0 Å². The number of benzene rings is 2. The van der Waals surface area contributed by atoms with Gasteiger partial charge in [-0.15, -0.1) is 0 Å². The number of H-pyrrole nitrogens is 1. The molecule has 4 rings (SSSR count). The Balaban J connectivity index is 1.72. The molecule has 2 heterocycles. The molecule has 0 radical (unpaired) electrons. The number of hydrogen-bond donors (Lipinski definition) is 2. The molecule has 1 aliphatic heterocycles. The van der Waals surface area contributed by atoms with Crippen molar-refractivity contribution in [1.29, 1.82) is 0 Å². The zero-order valence-electron chi connectivity index (χ0n) is 13.1. The van der Waals surface area contributed by atoms with Gasteiger partial charge >= 0.3 is 0 Å². The second-order valence-electron chi connectivity index (χ2n) is 5.85. The molecule has 2 N–H and O–H groups in total. The van der Waals surface area contributed by atoms with Crippen LogP contribution in [0.4, 0.5) is 0 Å². The van der Waals surface area contributed by atoms with Gasteiger partial charge in [0.05, 0.1) is 16.6 Å². The molecule has 7 heteroatoms. The number of sulfonamides is 1. The fourth-order valence-corrected chi connectivity index (χ4v) is 4.48.